The van der Waals surface area contributed by atoms with Crippen molar-refractivity contribution in [3.05, 3.63) is 48.8 Å². The van der Waals surface area contributed by atoms with Crippen LogP contribution in [0.4, 0.5) is 5.82 Å². The van der Waals surface area contributed by atoms with Gasteiger partial charge in [-0.3, -0.25) is 4.98 Å². The highest BCUT2D eigenvalue weighted by Gasteiger charge is 2.23. The summed E-state index contributed by atoms with van der Waals surface area (Å²) >= 11 is 0. The van der Waals surface area contributed by atoms with Crippen molar-refractivity contribution in [3.63, 3.8) is 0 Å². The van der Waals surface area contributed by atoms with E-state index in [1.54, 1.807) is 6.20 Å². The van der Waals surface area contributed by atoms with E-state index in [2.05, 4.69) is 35.1 Å². The van der Waals surface area contributed by atoms with Crippen molar-refractivity contribution in [2.24, 2.45) is 0 Å². The van der Waals surface area contributed by atoms with Gasteiger partial charge in [0.15, 0.2) is 5.82 Å². The second kappa shape index (κ2) is 5.95. The molecule has 0 spiro atoms. The van der Waals surface area contributed by atoms with Crippen LogP contribution in [0.15, 0.2) is 48.8 Å². The fourth-order valence-electron chi connectivity index (χ4n) is 3.42. The monoisotopic (exact) mass is 304 g/mol. The van der Waals surface area contributed by atoms with Crippen LogP contribution >= 0.6 is 0 Å². The molecule has 3 aromatic rings. The molecule has 0 N–H and O–H groups in total. The number of benzene rings is 1. The zero-order valence-corrected chi connectivity index (χ0v) is 13.3. The fourth-order valence-corrected chi connectivity index (χ4v) is 3.42. The van der Waals surface area contributed by atoms with Gasteiger partial charge in [-0.15, -0.1) is 0 Å². The van der Waals surface area contributed by atoms with Crippen LogP contribution in [0, 0.1) is 0 Å². The van der Waals surface area contributed by atoms with E-state index in [1.807, 2.05) is 24.4 Å². The van der Waals surface area contributed by atoms with E-state index < -0.39 is 0 Å². The Hall–Kier alpha value is -2.49. The van der Waals surface area contributed by atoms with Crippen molar-refractivity contribution >= 4 is 16.7 Å². The summed E-state index contributed by atoms with van der Waals surface area (Å²) in [7, 11) is 2.16. The molecule has 4 heteroatoms. The summed E-state index contributed by atoms with van der Waals surface area (Å²) in [6.07, 6.45) is 8.72. The lowest BCUT2D eigenvalue weighted by molar-refractivity contribution is 0.648. The molecule has 116 valence electrons. The number of para-hydroxylation sites is 1. The van der Waals surface area contributed by atoms with Crippen molar-refractivity contribution in [1.29, 1.82) is 0 Å². The Kier molecular flexibility index (Phi) is 3.66. The first kappa shape index (κ1) is 14.1. The standard InChI is InChI=1S/C19H20N4/c1-23(15-8-2-3-9-15)19-16-10-4-5-11-17(16)21-18(22-19)14-7-6-12-20-13-14/h4-7,10-13,15H,2-3,8-9H2,1H3. The second-order valence-corrected chi connectivity index (χ2v) is 6.18. The van der Waals surface area contributed by atoms with Crippen LogP contribution in [-0.2, 0) is 0 Å². The Labute approximate surface area is 136 Å². The van der Waals surface area contributed by atoms with E-state index in [1.165, 1.54) is 25.7 Å². The maximum Gasteiger partial charge on any atom is 0.163 e. The van der Waals surface area contributed by atoms with E-state index in [0.717, 1.165) is 28.1 Å². The van der Waals surface area contributed by atoms with E-state index >= 15 is 0 Å². The summed E-state index contributed by atoms with van der Waals surface area (Å²) in [5, 5.41) is 1.12. The molecule has 1 fully saturated rings. The molecule has 1 saturated carbocycles. The molecule has 0 unspecified atom stereocenters. The first-order chi connectivity index (χ1) is 11.3. The summed E-state index contributed by atoms with van der Waals surface area (Å²) in [5.41, 5.74) is 1.94. The number of anilines is 1. The van der Waals surface area contributed by atoms with Crippen molar-refractivity contribution in [2.45, 2.75) is 31.7 Å². The van der Waals surface area contributed by atoms with Crippen LogP contribution in [0.5, 0.6) is 0 Å². The van der Waals surface area contributed by atoms with Gasteiger partial charge in [0, 0.05) is 36.4 Å². The molecule has 0 aliphatic heterocycles. The third-order valence-corrected chi connectivity index (χ3v) is 4.71. The molecule has 0 bridgehead atoms. The highest BCUT2D eigenvalue weighted by atomic mass is 15.2. The van der Waals surface area contributed by atoms with Gasteiger partial charge in [-0.25, -0.2) is 9.97 Å². The van der Waals surface area contributed by atoms with Crippen LogP contribution in [-0.4, -0.2) is 28.0 Å². The molecule has 4 rings (SSSR count). The Balaban J connectivity index is 1.87. The van der Waals surface area contributed by atoms with Crippen molar-refractivity contribution in [2.75, 3.05) is 11.9 Å². The molecule has 0 atom stereocenters. The normalized spacial score (nSPS) is 15.2. The van der Waals surface area contributed by atoms with Crippen molar-refractivity contribution in [1.82, 2.24) is 15.0 Å². The lowest BCUT2D eigenvalue weighted by Crippen LogP contribution is -2.30. The summed E-state index contributed by atoms with van der Waals surface area (Å²) in [5.74, 6) is 1.78. The number of rotatable bonds is 3. The molecular formula is C19H20N4. The third kappa shape index (κ3) is 2.65. The van der Waals surface area contributed by atoms with Gasteiger partial charge in [-0.05, 0) is 37.1 Å². The van der Waals surface area contributed by atoms with Crippen LogP contribution in [0.3, 0.4) is 0 Å². The number of aromatic nitrogens is 3. The summed E-state index contributed by atoms with van der Waals surface area (Å²) in [6, 6.07) is 12.8. The average molecular weight is 304 g/mol. The Morgan fingerprint density at radius 2 is 1.83 bits per heavy atom. The first-order valence-electron chi connectivity index (χ1n) is 8.23. The van der Waals surface area contributed by atoms with Crippen molar-refractivity contribution in [3.8, 4) is 11.4 Å². The van der Waals surface area contributed by atoms with E-state index in [4.69, 9.17) is 9.97 Å². The first-order valence-corrected chi connectivity index (χ1v) is 8.23. The maximum absolute atomic E-state index is 4.89. The van der Waals surface area contributed by atoms with Gasteiger partial charge in [0.25, 0.3) is 0 Å². The van der Waals surface area contributed by atoms with Crippen molar-refractivity contribution < 1.29 is 0 Å². The topological polar surface area (TPSA) is 41.9 Å². The minimum atomic E-state index is 0.579. The Morgan fingerprint density at radius 3 is 2.61 bits per heavy atom. The number of hydrogen-bond donors (Lipinski definition) is 0. The van der Waals surface area contributed by atoms with Gasteiger partial charge in [-0.1, -0.05) is 25.0 Å². The maximum atomic E-state index is 4.89. The van der Waals surface area contributed by atoms with Crippen LogP contribution in [0.2, 0.25) is 0 Å². The SMILES string of the molecule is CN(c1nc(-c2cccnc2)nc2ccccc12)C1CCCC1. The molecule has 4 nitrogen and oxygen atoms in total. The van der Waals surface area contributed by atoms with E-state index in [9.17, 15) is 0 Å². The van der Waals surface area contributed by atoms with Gasteiger partial charge in [0.2, 0.25) is 0 Å². The predicted molar refractivity (Wildman–Crippen MR) is 93.4 cm³/mol. The second-order valence-electron chi connectivity index (χ2n) is 6.18. The Morgan fingerprint density at radius 1 is 1.00 bits per heavy atom. The summed E-state index contributed by atoms with van der Waals surface area (Å²) in [4.78, 5) is 16.2. The average Bonchev–Trinajstić information content (AvgIpc) is 3.15. The van der Waals surface area contributed by atoms with Gasteiger partial charge >= 0.3 is 0 Å². The molecule has 0 saturated heterocycles. The Bertz CT molecular complexity index is 810. The molecular weight excluding hydrogens is 284 g/mol. The quantitative estimate of drug-likeness (QED) is 0.731. The number of nitrogens with zero attached hydrogens (tertiary/aromatic N) is 4. The molecule has 2 aromatic heterocycles. The molecule has 1 aromatic carbocycles. The van der Waals surface area contributed by atoms with Gasteiger partial charge < -0.3 is 4.90 Å². The van der Waals surface area contributed by atoms with Gasteiger partial charge in [0.05, 0.1) is 5.52 Å². The minimum Gasteiger partial charge on any atom is -0.356 e. The number of fused-ring (bicyclic) bond motifs is 1. The van der Waals surface area contributed by atoms with E-state index in [0.29, 0.717) is 6.04 Å². The van der Waals surface area contributed by atoms with Gasteiger partial charge in [0.1, 0.15) is 5.82 Å². The zero-order valence-electron chi connectivity index (χ0n) is 13.3. The van der Waals surface area contributed by atoms with Crippen LogP contribution in [0.1, 0.15) is 25.7 Å². The molecule has 2 heterocycles. The van der Waals surface area contributed by atoms with E-state index in [-0.39, 0.29) is 0 Å². The molecule has 0 radical (unpaired) electrons. The third-order valence-electron chi connectivity index (χ3n) is 4.71. The minimum absolute atomic E-state index is 0.579. The smallest absolute Gasteiger partial charge is 0.163 e. The lowest BCUT2D eigenvalue weighted by Gasteiger charge is -2.26. The molecule has 1 aliphatic carbocycles. The highest BCUT2D eigenvalue weighted by Crippen LogP contribution is 2.31. The molecule has 23 heavy (non-hydrogen) atoms. The van der Waals surface area contributed by atoms with Gasteiger partial charge in [-0.2, -0.15) is 0 Å². The van der Waals surface area contributed by atoms with Crippen LogP contribution < -0.4 is 4.90 Å². The lowest BCUT2D eigenvalue weighted by atomic mass is 10.1. The predicted octanol–water partition coefficient (Wildman–Crippen LogP) is 4.07. The highest BCUT2D eigenvalue weighted by molar-refractivity contribution is 5.91. The summed E-state index contributed by atoms with van der Waals surface area (Å²) in [6.45, 7) is 0. The molecule has 0 amide bonds. The molecule has 1 aliphatic rings. The summed E-state index contributed by atoms with van der Waals surface area (Å²) < 4.78 is 0. The number of pyridine rings is 1. The zero-order chi connectivity index (χ0) is 15.6. The number of hydrogen-bond acceptors (Lipinski definition) is 4. The largest absolute Gasteiger partial charge is 0.356 e. The fraction of sp³-hybridized carbons (Fsp3) is 0.316. The van der Waals surface area contributed by atoms with Crippen LogP contribution in [0.25, 0.3) is 22.3 Å².